The van der Waals surface area contributed by atoms with Crippen LogP contribution < -0.4 is 11.1 Å². The van der Waals surface area contributed by atoms with E-state index in [0.29, 0.717) is 6.04 Å². The van der Waals surface area contributed by atoms with Gasteiger partial charge in [0.05, 0.1) is 0 Å². The molecule has 0 fully saturated rings. The maximum atomic E-state index is 5.83. The van der Waals surface area contributed by atoms with Gasteiger partial charge in [0.15, 0.2) is 0 Å². The Morgan fingerprint density at radius 2 is 2.50 bits per heavy atom. The number of nitrogens with zero attached hydrogens (tertiary/aromatic N) is 1. The highest BCUT2D eigenvalue weighted by Crippen LogP contribution is 2.12. The van der Waals surface area contributed by atoms with E-state index in [9.17, 15) is 0 Å². The largest absolute Gasteiger partial charge is 0.398 e. The molecule has 1 aromatic heterocycles. The summed E-state index contributed by atoms with van der Waals surface area (Å²) in [6, 6.07) is 2.22. The molecular weight excluding hydrogens is 174 g/mol. The van der Waals surface area contributed by atoms with E-state index in [2.05, 4.69) is 16.9 Å². The summed E-state index contributed by atoms with van der Waals surface area (Å²) in [7, 11) is 1.95. The minimum absolute atomic E-state index is 0.388. The third-order valence-corrected chi connectivity index (χ3v) is 2.27. The van der Waals surface area contributed by atoms with Crippen molar-refractivity contribution < 1.29 is 0 Å². The number of nitrogen functional groups attached to an aromatic ring is 1. The van der Waals surface area contributed by atoms with Gasteiger partial charge < -0.3 is 11.1 Å². The van der Waals surface area contributed by atoms with Crippen LogP contribution in [0.2, 0.25) is 0 Å². The average Bonchev–Trinajstić information content (AvgIpc) is 2.20. The van der Waals surface area contributed by atoms with Crippen LogP contribution in [-0.2, 0) is 6.42 Å². The van der Waals surface area contributed by atoms with Crippen LogP contribution in [0, 0.1) is 0 Å². The smallest absolute Gasteiger partial charge is 0.0378 e. The van der Waals surface area contributed by atoms with Crippen LogP contribution in [0.1, 0.15) is 12.0 Å². The standard InChI is InChI=1S/C11H17N3/c1-3-4-10(13-2)7-9-8-14-6-5-11(9)12/h3,5-6,8,10,13H,1,4,7H2,2H3,(H2,12,14). The summed E-state index contributed by atoms with van der Waals surface area (Å²) in [5.74, 6) is 0. The average molecular weight is 191 g/mol. The minimum atomic E-state index is 0.388. The first-order chi connectivity index (χ1) is 6.77. The molecule has 1 heterocycles. The van der Waals surface area contributed by atoms with Crippen molar-refractivity contribution in [2.24, 2.45) is 0 Å². The molecule has 0 aliphatic heterocycles. The molecule has 0 aromatic carbocycles. The molecule has 1 aromatic rings. The molecule has 0 radical (unpaired) electrons. The van der Waals surface area contributed by atoms with Gasteiger partial charge in [-0.1, -0.05) is 6.08 Å². The second-order valence-electron chi connectivity index (χ2n) is 3.29. The first-order valence-electron chi connectivity index (χ1n) is 4.74. The second kappa shape index (κ2) is 5.40. The fourth-order valence-corrected chi connectivity index (χ4v) is 1.38. The van der Waals surface area contributed by atoms with Crippen molar-refractivity contribution in [3.8, 4) is 0 Å². The molecule has 1 unspecified atom stereocenters. The molecule has 1 atom stereocenters. The third-order valence-electron chi connectivity index (χ3n) is 2.27. The van der Waals surface area contributed by atoms with Gasteiger partial charge in [0, 0.05) is 24.1 Å². The maximum absolute atomic E-state index is 5.83. The summed E-state index contributed by atoms with van der Waals surface area (Å²) in [6.45, 7) is 3.73. The van der Waals surface area contributed by atoms with Gasteiger partial charge in [0.25, 0.3) is 0 Å². The Hall–Kier alpha value is -1.35. The summed E-state index contributed by atoms with van der Waals surface area (Å²) in [5, 5.41) is 3.22. The molecule has 0 saturated heterocycles. The van der Waals surface area contributed by atoms with E-state index in [0.717, 1.165) is 24.1 Å². The van der Waals surface area contributed by atoms with Gasteiger partial charge in [-0.3, -0.25) is 4.98 Å². The van der Waals surface area contributed by atoms with Gasteiger partial charge in [-0.15, -0.1) is 6.58 Å². The van der Waals surface area contributed by atoms with Gasteiger partial charge in [0.1, 0.15) is 0 Å². The Balaban J connectivity index is 2.66. The van der Waals surface area contributed by atoms with Crippen LogP contribution in [0.5, 0.6) is 0 Å². The zero-order valence-electron chi connectivity index (χ0n) is 8.53. The Morgan fingerprint density at radius 3 is 3.07 bits per heavy atom. The van der Waals surface area contributed by atoms with Crippen LogP contribution in [0.4, 0.5) is 5.69 Å². The highest BCUT2D eigenvalue weighted by Gasteiger charge is 2.07. The van der Waals surface area contributed by atoms with E-state index in [1.165, 1.54) is 0 Å². The summed E-state index contributed by atoms with van der Waals surface area (Å²) in [4.78, 5) is 4.06. The summed E-state index contributed by atoms with van der Waals surface area (Å²) < 4.78 is 0. The van der Waals surface area contributed by atoms with Crippen molar-refractivity contribution in [2.45, 2.75) is 18.9 Å². The molecule has 1 rings (SSSR count). The van der Waals surface area contributed by atoms with Crippen LogP contribution in [0.25, 0.3) is 0 Å². The Bertz CT molecular complexity index is 296. The van der Waals surface area contributed by atoms with Crippen molar-refractivity contribution in [3.05, 3.63) is 36.7 Å². The fraction of sp³-hybridized carbons (Fsp3) is 0.364. The molecule has 0 bridgehead atoms. The Morgan fingerprint density at radius 1 is 1.71 bits per heavy atom. The van der Waals surface area contributed by atoms with Gasteiger partial charge in [0.2, 0.25) is 0 Å². The fourth-order valence-electron chi connectivity index (χ4n) is 1.38. The molecule has 0 aliphatic rings. The van der Waals surface area contributed by atoms with E-state index < -0.39 is 0 Å². The number of hydrogen-bond donors (Lipinski definition) is 2. The lowest BCUT2D eigenvalue weighted by Gasteiger charge is -2.14. The number of likely N-dealkylation sites (N-methyl/N-ethyl adjacent to an activating group) is 1. The molecule has 76 valence electrons. The highest BCUT2D eigenvalue weighted by atomic mass is 14.9. The zero-order valence-corrected chi connectivity index (χ0v) is 8.53. The van der Waals surface area contributed by atoms with Crippen molar-refractivity contribution in [2.75, 3.05) is 12.8 Å². The highest BCUT2D eigenvalue weighted by molar-refractivity contribution is 5.44. The number of anilines is 1. The van der Waals surface area contributed by atoms with E-state index in [4.69, 9.17) is 5.73 Å². The van der Waals surface area contributed by atoms with E-state index in [1.54, 1.807) is 6.20 Å². The lowest BCUT2D eigenvalue weighted by Crippen LogP contribution is -2.27. The van der Waals surface area contributed by atoms with Gasteiger partial charge in [-0.2, -0.15) is 0 Å². The molecule has 0 saturated carbocycles. The number of aromatic nitrogens is 1. The Labute approximate surface area is 85.0 Å². The summed E-state index contributed by atoms with van der Waals surface area (Å²) in [5.41, 5.74) is 7.73. The lowest BCUT2D eigenvalue weighted by atomic mass is 10.0. The third kappa shape index (κ3) is 2.85. The van der Waals surface area contributed by atoms with Gasteiger partial charge in [-0.25, -0.2) is 0 Å². The second-order valence-corrected chi connectivity index (χ2v) is 3.29. The lowest BCUT2D eigenvalue weighted by molar-refractivity contribution is 0.566. The normalized spacial score (nSPS) is 12.4. The topological polar surface area (TPSA) is 50.9 Å². The Kier molecular flexibility index (Phi) is 4.13. The quantitative estimate of drug-likeness (QED) is 0.691. The van der Waals surface area contributed by atoms with Gasteiger partial charge >= 0.3 is 0 Å². The monoisotopic (exact) mass is 191 g/mol. The molecule has 3 nitrogen and oxygen atoms in total. The van der Waals surface area contributed by atoms with Crippen LogP contribution in [0.3, 0.4) is 0 Å². The zero-order chi connectivity index (χ0) is 10.4. The summed E-state index contributed by atoms with van der Waals surface area (Å²) >= 11 is 0. The van der Waals surface area contributed by atoms with E-state index in [-0.39, 0.29) is 0 Å². The SMILES string of the molecule is C=CCC(Cc1cnccc1N)NC. The van der Waals surface area contributed by atoms with Crippen molar-refractivity contribution >= 4 is 5.69 Å². The van der Waals surface area contributed by atoms with Crippen molar-refractivity contribution in [1.82, 2.24) is 10.3 Å². The molecule has 0 spiro atoms. The van der Waals surface area contributed by atoms with Crippen LogP contribution >= 0.6 is 0 Å². The number of nitrogens with one attached hydrogen (secondary N) is 1. The van der Waals surface area contributed by atoms with Crippen LogP contribution in [0.15, 0.2) is 31.1 Å². The number of pyridine rings is 1. The number of hydrogen-bond acceptors (Lipinski definition) is 3. The first kappa shape index (κ1) is 10.7. The van der Waals surface area contributed by atoms with E-state index in [1.807, 2.05) is 25.4 Å². The predicted molar refractivity (Wildman–Crippen MR) is 60.0 cm³/mol. The van der Waals surface area contributed by atoms with Crippen molar-refractivity contribution in [3.63, 3.8) is 0 Å². The van der Waals surface area contributed by atoms with Crippen LogP contribution in [-0.4, -0.2) is 18.1 Å². The number of rotatable bonds is 5. The minimum Gasteiger partial charge on any atom is -0.398 e. The molecule has 14 heavy (non-hydrogen) atoms. The molecule has 3 N–H and O–H groups in total. The molecule has 3 heteroatoms. The molecule has 0 aliphatic carbocycles. The van der Waals surface area contributed by atoms with E-state index >= 15 is 0 Å². The van der Waals surface area contributed by atoms with Crippen molar-refractivity contribution in [1.29, 1.82) is 0 Å². The molecular formula is C11H17N3. The summed E-state index contributed by atoms with van der Waals surface area (Å²) in [6.07, 6.45) is 7.27. The first-order valence-corrected chi connectivity index (χ1v) is 4.74. The number of nitrogens with two attached hydrogens (primary N) is 1. The molecule has 0 amide bonds. The maximum Gasteiger partial charge on any atom is 0.0378 e. The van der Waals surface area contributed by atoms with Gasteiger partial charge in [-0.05, 0) is 31.5 Å². The predicted octanol–water partition coefficient (Wildman–Crippen LogP) is 1.37.